The number of anilines is 1. The Labute approximate surface area is 291 Å². The van der Waals surface area contributed by atoms with Crippen LogP contribution in [0.25, 0.3) is 0 Å². The number of rotatable bonds is 13. The zero-order valence-electron chi connectivity index (χ0n) is 29.1. The van der Waals surface area contributed by atoms with Crippen molar-refractivity contribution >= 4 is 23.3 Å². The van der Waals surface area contributed by atoms with Crippen LogP contribution < -0.4 is 14.8 Å². The Hall–Kier alpha value is -3.29. The van der Waals surface area contributed by atoms with Crippen LogP contribution in [-0.4, -0.2) is 60.4 Å². The molecular weight excluding hydrogens is 622 g/mol. The van der Waals surface area contributed by atoms with Crippen LogP contribution in [0, 0.1) is 11.8 Å². The van der Waals surface area contributed by atoms with Gasteiger partial charge in [0, 0.05) is 34.7 Å². The molecule has 0 amide bonds. The van der Waals surface area contributed by atoms with Gasteiger partial charge in [-0.2, -0.15) is 0 Å². The molecule has 0 unspecified atom stereocenters. The number of carboxylic acids is 1. The summed E-state index contributed by atoms with van der Waals surface area (Å²) in [6, 6.07) is 16.1. The van der Waals surface area contributed by atoms with Crippen molar-refractivity contribution in [1.82, 2.24) is 9.88 Å². The molecule has 3 aromatic rings. The predicted octanol–water partition coefficient (Wildman–Crippen LogP) is 8.53. The highest BCUT2D eigenvalue weighted by molar-refractivity contribution is 6.30. The fourth-order valence-corrected chi connectivity index (χ4v) is 8.93. The van der Waals surface area contributed by atoms with Crippen molar-refractivity contribution in [2.24, 2.45) is 11.8 Å². The largest absolute Gasteiger partial charge is 0.494 e. The number of ether oxygens (including phenoxy) is 2. The highest BCUT2D eigenvalue weighted by Gasteiger charge is 2.54. The van der Waals surface area contributed by atoms with E-state index in [0.29, 0.717) is 48.8 Å². The van der Waals surface area contributed by atoms with Crippen LogP contribution in [0.3, 0.4) is 0 Å². The maximum Gasteiger partial charge on any atom is 0.329 e. The van der Waals surface area contributed by atoms with E-state index in [9.17, 15) is 9.90 Å². The fraction of sp³-hybridized carbons (Fsp3) is 0.550. The molecule has 0 aliphatic heterocycles. The first-order valence-electron chi connectivity index (χ1n) is 17.9. The topological polar surface area (TPSA) is 83.9 Å². The summed E-state index contributed by atoms with van der Waals surface area (Å²) in [6.07, 6.45) is 10.9. The highest BCUT2D eigenvalue weighted by atomic mass is 35.5. The molecule has 2 N–H and O–H groups in total. The molecule has 6 rings (SSSR count). The predicted molar refractivity (Wildman–Crippen MR) is 193 cm³/mol. The number of aliphatic carboxylic acids is 1. The summed E-state index contributed by atoms with van der Waals surface area (Å²) in [5, 5.41) is 14.6. The lowest BCUT2D eigenvalue weighted by atomic mass is 9.59. The smallest absolute Gasteiger partial charge is 0.329 e. The SMILES string of the molecule is C[C@@H](COc1ccnc2c1[C@H](C)CCC2)C[C@H]1Cc2ccc(OCCCN(C)C)cc2C12CCC(Nc1cccc(Cl)c1)(C(=O)O)CC2. The number of aryl methyl sites for hydroxylation is 1. The van der Waals surface area contributed by atoms with Gasteiger partial charge in [-0.25, -0.2) is 4.79 Å². The number of carbonyl (C=O) groups is 1. The summed E-state index contributed by atoms with van der Waals surface area (Å²) < 4.78 is 12.8. The maximum absolute atomic E-state index is 12.9. The van der Waals surface area contributed by atoms with E-state index in [4.69, 9.17) is 21.1 Å². The second-order valence-electron chi connectivity index (χ2n) is 15.0. The van der Waals surface area contributed by atoms with Crippen LogP contribution in [0.15, 0.2) is 54.7 Å². The molecule has 48 heavy (non-hydrogen) atoms. The lowest BCUT2D eigenvalue weighted by Gasteiger charge is -2.47. The minimum Gasteiger partial charge on any atom is -0.494 e. The molecule has 8 heteroatoms. The van der Waals surface area contributed by atoms with Crippen LogP contribution in [0.2, 0.25) is 5.02 Å². The lowest BCUT2D eigenvalue weighted by Crippen LogP contribution is -2.53. The molecule has 3 atom stereocenters. The van der Waals surface area contributed by atoms with Crippen LogP contribution in [-0.2, 0) is 23.1 Å². The standard InChI is InChI=1S/C40H52ClN3O4/c1-27(26-48-36-14-19-42-35-11-5-8-28(2)37(35)36)22-30-23-29-12-13-33(47-21-7-20-44(3)4)25-34(29)39(30)15-17-40(18-16-39,38(45)46)43-32-10-6-9-31(41)24-32/h6,9-10,12-14,19,24-25,27-28,30,43H,5,7-8,11,15-18,20-23,26H2,1-4H3,(H,45,46)/t27-,28-,30+,39?,40?/m1/s1. The number of halogens is 1. The molecule has 1 heterocycles. The number of nitrogens with zero attached hydrogens (tertiary/aromatic N) is 2. The Kier molecular flexibility index (Phi) is 10.6. The third-order valence-corrected chi connectivity index (χ3v) is 11.5. The second-order valence-corrected chi connectivity index (χ2v) is 15.5. The number of pyridine rings is 1. The first kappa shape index (κ1) is 34.6. The minimum atomic E-state index is -1.05. The summed E-state index contributed by atoms with van der Waals surface area (Å²) in [4.78, 5) is 19.8. The van der Waals surface area contributed by atoms with Crippen molar-refractivity contribution in [1.29, 1.82) is 0 Å². The lowest BCUT2D eigenvalue weighted by molar-refractivity contribution is -0.144. The number of fused-ring (bicyclic) bond motifs is 3. The summed E-state index contributed by atoms with van der Waals surface area (Å²) >= 11 is 6.28. The average Bonchev–Trinajstić information content (AvgIpc) is 3.34. The second kappa shape index (κ2) is 14.7. The molecule has 1 aromatic heterocycles. The van der Waals surface area contributed by atoms with Gasteiger partial charge in [-0.15, -0.1) is 0 Å². The van der Waals surface area contributed by atoms with Crippen molar-refractivity contribution in [2.75, 3.05) is 39.2 Å². The third-order valence-electron chi connectivity index (χ3n) is 11.3. The summed E-state index contributed by atoms with van der Waals surface area (Å²) in [5.74, 6) is 2.29. The zero-order chi connectivity index (χ0) is 33.9. The molecular formula is C40H52ClN3O4. The first-order valence-corrected chi connectivity index (χ1v) is 18.2. The molecule has 3 aliphatic carbocycles. The molecule has 1 fully saturated rings. The third kappa shape index (κ3) is 7.33. The van der Waals surface area contributed by atoms with E-state index in [0.717, 1.165) is 62.3 Å². The van der Waals surface area contributed by atoms with Crippen molar-refractivity contribution in [3.63, 3.8) is 0 Å². The Balaban J connectivity index is 1.22. The Bertz CT molecular complexity index is 1580. The van der Waals surface area contributed by atoms with Crippen molar-refractivity contribution in [2.45, 2.75) is 94.9 Å². The van der Waals surface area contributed by atoms with E-state index in [-0.39, 0.29) is 5.41 Å². The molecule has 7 nitrogen and oxygen atoms in total. The van der Waals surface area contributed by atoms with Gasteiger partial charge in [-0.1, -0.05) is 37.6 Å². The van der Waals surface area contributed by atoms with Gasteiger partial charge in [-0.3, -0.25) is 4.98 Å². The molecule has 1 saturated carbocycles. The molecule has 1 spiro atoms. The average molecular weight is 674 g/mol. The van der Waals surface area contributed by atoms with Gasteiger partial charge in [0.15, 0.2) is 0 Å². The van der Waals surface area contributed by atoms with Crippen molar-refractivity contribution < 1.29 is 19.4 Å². The summed E-state index contributed by atoms with van der Waals surface area (Å²) in [6.45, 7) is 6.90. The Morgan fingerprint density at radius 3 is 2.69 bits per heavy atom. The zero-order valence-corrected chi connectivity index (χ0v) is 29.8. The number of aromatic nitrogens is 1. The summed E-state index contributed by atoms with van der Waals surface area (Å²) in [5.41, 5.74) is 4.79. The van der Waals surface area contributed by atoms with Gasteiger partial charge in [0.1, 0.15) is 17.0 Å². The molecule has 0 saturated heterocycles. The first-order chi connectivity index (χ1) is 23.1. The molecule has 0 radical (unpaired) electrons. The Morgan fingerprint density at radius 2 is 1.94 bits per heavy atom. The van der Waals surface area contributed by atoms with Gasteiger partial charge in [0.05, 0.1) is 13.2 Å². The van der Waals surface area contributed by atoms with E-state index in [2.05, 4.69) is 61.3 Å². The molecule has 3 aliphatic rings. The molecule has 258 valence electrons. The number of hydrogen-bond acceptors (Lipinski definition) is 6. The van der Waals surface area contributed by atoms with E-state index >= 15 is 0 Å². The number of hydrogen-bond donors (Lipinski definition) is 2. The van der Waals surface area contributed by atoms with Gasteiger partial charge in [-0.05, 0) is 149 Å². The van der Waals surface area contributed by atoms with Gasteiger partial charge < -0.3 is 24.8 Å². The quantitative estimate of drug-likeness (QED) is 0.176. The van der Waals surface area contributed by atoms with E-state index in [1.165, 1.54) is 35.2 Å². The highest BCUT2D eigenvalue weighted by Crippen LogP contribution is 2.56. The number of carboxylic acid groups (broad SMARTS) is 1. The molecule has 0 bridgehead atoms. The van der Waals surface area contributed by atoms with E-state index in [1.807, 2.05) is 36.5 Å². The van der Waals surface area contributed by atoms with Gasteiger partial charge in [0.2, 0.25) is 0 Å². The fourth-order valence-electron chi connectivity index (χ4n) is 8.74. The van der Waals surface area contributed by atoms with Crippen LogP contribution in [0.5, 0.6) is 11.5 Å². The maximum atomic E-state index is 12.9. The van der Waals surface area contributed by atoms with Gasteiger partial charge >= 0.3 is 5.97 Å². The van der Waals surface area contributed by atoms with Crippen molar-refractivity contribution in [3.8, 4) is 11.5 Å². The number of nitrogens with one attached hydrogen (secondary N) is 1. The molecule has 2 aromatic carbocycles. The summed E-state index contributed by atoms with van der Waals surface area (Å²) in [7, 11) is 4.16. The van der Waals surface area contributed by atoms with E-state index in [1.54, 1.807) is 0 Å². The van der Waals surface area contributed by atoms with Crippen LogP contribution in [0.1, 0.15) is 93.5 Å². The van der Waals surface area contributed by atoms with E-state index < -0.39 is 11.5 Å². The van der Waals surface area contributed by atoms with Crippen molar-refractivity contribution in [3.05, 3.63) is 82.1 Å². The van der Waals surface area contributed by atoms with Gasteiger partial charge in [0.25, 0.3) is 0 Å². The minimum absolute atomic E-state index is 0.119. The normalized spacial score (nSPS) is 25.4. The number of benzene rings is 2. The van der Waals surface area contributed by atoms with Crippen LogP contribution >= 0.6 is 11.6 Å². The Morgan fingerprint density at radius 1 is 1.12 bits per heavy atom. The monoisotopic (exact) mass is 673 g/mol. The van der Waals surface area contributed by atoms with Crippen LogP contribution in [0.4, 0.5) is 5.69 Å².